The lowest BCUT2D eigenvalue weighted by Crippen LogP contribution is -2.14. The topological polar surface area (TPSA) is 38.0 Å². The van der Waals surface area contributed by atoms with Gasteiger partial charge < -0.3 is 5.11 Å². The summed E-state index contributed by atoms with van der Waals surface area (Å²) < 4.78 is 27.5. The fraction of sp³-hybridized carbons (Fsp3) is 0.667. The summed E-state index contributed by atoms with van der Waals surface area (Å²) in [5.74, 6) is -3.23. The summed E-state index contributed by atoms with van der Waals surface area (Å²) >= 11 is 0. The number of hydrogen-bond acceptors (Lipinski definition) is 2. The molecule has 1 aromatic heterocycles. The van der Waals surface area contributed by atoms with Gasteiger partial charge in [-0.15, -0.1) is 0 Å². The maximum atomic E-state index is 13.0. The number of aliphatic hydroxyl groups is 1. The van der Waals surface area contributed by atoms with Gasteiger partial charge in [0.1, 0.15) is 0 Å². The lowest BCUT2D eigenvalue weighted by atomic mass is 10.0. The first-order valence-electron chi connectivity index (χ1n) is 4.53. The molecule has 1 heterocycles. The van der Waals surface area contributed by atoms with Crippen molar-refractivity contribution in [3.05, 3.63) is 18.0 Å². The molecule has 14 heavy (non-hydrogen) atoms. The van der Waals surface area contributed by atoms with Crippen molar-refractivity contribution in [2.45, 2.75) is 30.8 Å². The third-order valence-corrected chi connectivity index (χ3v) is 2.73. The predicted octanol–water partition coefficient (Wildman–Crippen LogP) is 1.29. The molecule has 3 nitrogen and oxygen atoms in total. The molecule has 1 aliphatic rings. The van der Waals surface area contributed by atoms with Crippen LogP contribution >= 0.6 is 0 Å². The van der Waals surface area contributed by atoms with E-state index in [1.165, 1.54) is 4.68 Å². The van der Waals surface area contributed by atoms with Gasteiger partial charge >= 0.3 is 0 Å². The second-order valence-corrected chi connectivity index (χ2v) is 3.82. The second-order valence-electron chi connectivity index (χ2n) is 3.82. The monoisotopic (exact) mass is 202 g/mol. The third kappa shape index (κ3) is 1.52. The number of aliphatic hydroxyl groups excluding tert-OH is 1. The van der Waals surface area contributed by atoms with Crippen LogP contribution in [-0.2, 0) is 7.05 Å². The molecule has 0 aromatic carbocycles. The van der Waals surface area contributed by atoms with Crippen LogP contribution in [0.1, 0.15) is 24.5 Å². The van der Waals surface area contributed by atoms with Crippen LogP contribution in [0.2, 0.25) is 0 Å². The maximum absolute atomic E-state index is 13.0. The molecule has 0 spiro atoms. The molecule has 1 aliphatic carbocycles. The average Bonchev–Trinajstić information content (AvgIpc) is 2.55. The van der Waals surface area contributed by atoms with Gasteiger partial charge in [-0.3, -0.25) is 4.68 Å². The number of hydrogen-bond donors (Lipinski definition) is 1. The van der Waals surface area contributed by atoms with Crippen molar-refractivity contribution in [1.29, 1.82) is 0 Å². The first kappa shape index (κ1) is 9.58. The van der Waals surface area contributed by atoms with Crippen LogP contribution in [0.5, 0.6) is 0 Å². The zero-order valence-electron chi connectivity index (χ0n) is 7.82. The van der Waals surface area contributed by atoms with Crippen molar-refractivity contribution < 1.29 is 13.9 Å². The van der Waals surface area contributed by atoms with E-state index in [1.807, 2.05) is 0 Å². The van der Waals surface area contributed by atoms with Crippen molar-refractivity contribution in [1.82, 2.24) is 9.78 Å². The highest BCUT2D eigenvalue weighted by Crippen LogP contribution is 2.44. The molecular weight excluding hydrogens is 190 g/mol. The first-order valence-corrected chi connectivity index (χ1v) is 4.53. The fourth-order valence-electron chi connectivity index (χ4n) is 2.04. The normalized spacial score (nSPS) is 30.9. The van der Waals surface area contributed by atoms with Crippen LogP contribution in [-0.4, -0.2) is 26.9 Å². The number of aryl methyl sites for hydroxylation is 1. The summed E-state index contributed by atoms with van der Waals surface area (Å²) in [6.07, 6.45) is -0.130. The zero-order valence-corrected chi connectivity index (χ0v) is 7.82. The Kier molecular flexibility index (Phi) is 2.06. The van der Waals surface area contributed by atoms with Gasteiger partial charge in [-0.05, 0) is 6.07 Å². The Balaban J connectivity index is 2.25. The van der Waals surface area contributed by atoms with Gasteiger partial charge in [0.25, 0.3) is 5.92 Å². The number of aromatic nitrogens is 2. The largest absolute Gasteiger partial charge is 0.392 e. The van der Waals surface area contributed by atoms with Crippen molar-refractivity contribution in [2.75, 3.05) is 0 Å². The van der Waals surface area contributed by atoms with Crippen molar-refractivity contribution >= 4 is 0 Å². The Morgan fingerprint density at radius 1 is 1.57 bits per heavy atom. The van der Waals surface area contributed by atoms with E-state index in [9.17, 15) is 13.9 Å². The second kappa shape index (κ2) is 3.02. The zero-order chi connectivity index (χ0) is 10.3. The summed E-state index contributed by atoms with van der Waals surface area (Å²) in [6, 6.07) is 1.68. The Morgan fingerprint density at radius 2 is 2.29 bits per heavy atom. The minimum Gasteiger partial charge on any atom is -0.392 e. The molecule has 0 bridgehead atoms. The maximum Gasteiger partial charge on any atom is 0.251 e. The van der Waals surface area contributed by atoms with Gasteiger partial charge in [-0.25, -0.2) is 8.78 Å². The smallest absolute Gasteiger partial charge is 0.251 e. The van der Waals surface area contributed by atoms with Crippen LogP contribution in [0.4, 0.5) is 8.78 Å². The van der Waals surface area contributed by atoms with E-state index in [-0.39, 0.29) is 6.42 Å². The van der Waals surface area contributed by atoms with E-state index in [2.05, 4.69) is 5.10 Å². The first-order chi connectivity index (χ1) is 6.49. The van der Waals surface area contributed by atoms with Gasteiger partial charge in [0.2, 0.25) is 0 Å². The molecule has 2 atom stereocenters. The number of rotatable bonds is 1. The van der Waals surface area contributed by atoms with Gasteiger partial charge in [0, 0.05) is 37.7 Å². The fourth-order valence-corrected chi connectivity index (χ4v) is 2.04. The van der Waals surface area contributed by atoms with E-state index in [1.54, 1.807) is 19.3 Å². The summed E-state index contributed by atoms with van der Waals surface area (Å²) in [7, 11) is 1.69. The van der Waals surface area contributed by atoms with Crippen LogP contribution < -0.4 is 0 Å². The van der Waals surface area contributed by atoms with Crippen molar-refractivity contribution in [2.24, 2.45) is 7.05 Å². The minimum atomic E-state index is -2.74. The summed E-state index contributed by atoms with van der Waals surface area (Å²) in [6.45, 7) is 0. The van der Waals surface area contributed by atoms with Gasteiger partial charge in [0.15, 0.2) is 0 Å². The van der Waals surface area contributed by atoms with E-state index in [4.69, 9.17) is 0 Å². The van der Waals surface area contributed by atoms with E-state index >= 15 is 0 Å². The Labute approximate surface area is 80.3 Å². The van der Waals surface area contributed by atoms with Gasteiger partial charge in [0.05, 0.1) is 6.10 Å². The number of nitrogens with zero attached hydrogens (tertiary/aromatic N) is 2. The predicted molar refractivity (Wildman–Crippen MR) is 46.1 cm³/mol. The number of halogens is 2. The molecule has 1 fully saturated rings. The third-order valence-electron chi connectivity index (χ3n) is 2.73. The van der Waals surface area contributed by atoms with Crippen LogP contribution in [0.15, 0.2) is 12.3 Å². The van der Waals surface area contributed by atoms with Crippen molar-refractivity contribution in [3.8, 4) is 0 Å². The highest BCUT2D eigenvalue weighted by atomic mass is 19.3. The molecule has 1 aromatic rings. The number of alkyl halides is 2. The van der Waals surface area contributed by atoms with Gasteiger partial charge in [-0.2, -0.15) is 5.10 Å². The van der Waals surface area contributed by atoms with Crippen LogP contribution in [0.3, 0.4) is 0 Å². The molecule has 0 amide bonds. The Bertz CT molecular complexity index is 337. The summed E-state index contributed by atoms with van der Waals surface area (Å²) in [5.41, 5.74) is 0.676. The minimum absolute atomic E-state index is 0.284. The standard InChI is InChI=1S/C9H12F2N2O/c1-13-7(2-3-12-13)6-4-9(10,11)5-8(6)14/h2-3,6,8,14H,4-5H2,1H3/t6-,8?/m1/s1. The van der Waals surface area contributed by atoms with Gasteiger partial charge in [-0.1, -0.05) is 0 Å². The van der Waals surface area contributed by atoms with E-state index in [0.29, 0.717) is 5.69 Å². The van der Waals surface area contributed by atoms with Crippen LogP contribution in [0.25, 0.3) is 0 Å². The quantitative estimate of drug-likeness (QED) is 0.745. The molecule has 1 unspecified atom stereocenters. The Morgan fingerprint density at radius 3 is 2.71 bits per heavy atom. The lowest BCUT2D eigenvalue weighted by Gasteiger charge is -2.13. The average molecular weight is 202 g/mol. The molecule has 0 aliphatic heterocycles. The molecular formula is C9H12F2N2O. The van der Waals surface area contributed by atoms with E-state index in [0.717, 1.165) is 0 Å². The summed E-state index contributed by atoms with van der Waals surface area (Å²) in [5, 5.41) is 13.4. The molecule has 0 saturated heterocycles. The summed E-state index contributed by atoms with van der Waals surface area (Å²) in [4.78, 5) is 0. The molecule has 2 rings (SSSR count). The SMILES string of the molecule is Cn1nccc1[C@H]1CC(F)(F)CC1O. The van der Waals surface area contributed by atoms with E-state index < -0.39 is 24.4 Å². The molecule has 1 saturated carbocycles. The molecule has 0 radical (unpaired) electrons. The molecule has 78 valence electrons. The highest BCUT2D eigenvalue weighted by molar-refractivity contribution is 5.14. The highest BCUT2D eigenvalue weighted by Gasteiger charge is 2.47. The molecule has 5 heteroatoms. The molecule has 1 N–H and O–H groups in total. The van der Waals surface area contributed by atoms with Crippen molar-refractivity contribution in [3.63, 3.8) is 0 Å². The lowest BCUT2D eigenvalue weighted by molar-refractivity contribution is -0.00360. The van der Waals surface area contributed by atoms with Crippen LogP contribution in [0, 0.1) is 0 Å². The Hall–Kier alpha value is -0.970.